The second-order valence-electron chi connectivity index (χ2n) is 6.13. The Bertz CT molecular complexity index is 1230. The van der Waals surface area contributed by atoms with Crippen molar-refractivity contribution in [1.29, 1.82) is 0 Å². The molecule has 4 aromatic rings. The number of hydrogen-bond acceptors (Lipinski definition) is 4. The summed E-state index contributed by atoms with van der Waals surface area (Å²) < 4.78 is 2.73. The van der Waals surface area contributed by atoms with E-state index >= 15 is 0 Å². The molecule has 136 valence electrons. The molecular formula is C20H16ClN3O2S. The molecule has 0 bridgehead atoms. The highest BCUT2D eigenvalue weighted by atomic mass is 35.5. The van der Waals surface area contributed by atoms with Gasteiger partial charge >= 0.3 is 0 Å². The smallest absolute Gasteiger partial charge is 0.271 e. The maximum Gasteiger partial charge on any atom is 0.271 e. The molecule has 27 heavy (non-hydrogen) atoms. The third kappa shape index (κ3) is 3.22. The summed E-state index contributed by atoms with van der Waals surface area (Å²) in [5.41, 5.74) is 2.15. The number of benzene rings is 2. The first kappa shape index (κ1) is 17.7. The first-order chi connectivity index (χ1) is 13.1. The number of hydrogen-bond donors (Lipinski definition) is 1. The number of nitrogens with zero attached hydrogens (tertiary/aromatic N) is 2. The second-order valence-corrected chi connectivity index (χ2v) is 7.59. The van der Waals surface area contributed by atoms with Crippen LogP contribution in [0.3, 0.4) is 0 Å². The molecule has 0 atom stereocenters. The van der Waals surface area contributed by atoms with Crippen molar-refractivity contribution < 1.29 is 4.79 Å². The molecule has 2 heterocycles. The average molecular weight is 398 g/mol. The minimum atomic E-state index is -0.265. The van der Waals surface area contributed by atoms with Crippen LogP contribution in [0, 0.1) is 0 Å². The zero-order valence-corrected chi connectivity index (χ0v) is 16.1. The summed E-state index contributed by atoms with van der Waals surface area (Å²) in [7, 11) is 0. The molecule has 0 radical (unpaired) electrons. The third-order valence-corrected chi connectivity index (χ3v) is 5.85. The quantitative estimate of drug-likeness (QED) is 0.552. The number of para-hydroxylation sites is 1. The van der Waals surface area contributed by atoms with Crippen molar-refractivity contribution in [3.63, 3.8) is 0 Å². The molecule has 4 rings (SSSR count). The zero-order chi connectivity index (χ0) is 19.0. The van der Waals surface area contributed by atoms with Crippen LogP contribution in [0.2, 0.25) is 5.02 Å². The molecule has 5 nitrogen and oxygen atoms in total. The lowest BCUT2D eigenvalue weighted by atomic mass is 10.1. The molecular weight excluding hydrogens is 382 g/mol. The highest BCUT2D eigenvalue weighted by Crippen LogP contribution is 2.34. The number of carbonyl (C=O) groups is 1. The van der Waals surface area contributed by atoms with Crippen molar-refractivity contribution in [2.45, 2.75) is 19.9 Å². The lowest BCUT2D eigenvalue weighted by Crippen LogP contribution is -2.27. The van der Waals surface area contributed by atoms with Crippen LogP contribution in [0.25, 0.3) is 20.3 Å². The number of aryl methyl sites for hydroxylation is 1. The van der Waals surface area contributed by atoms with Gasteiger partial charge in [0, 0.05) is 15.8 Å². The summed E-state index contributed by atoms with van der Waals surface area (Å²) in [4.78, 5) is 29.7. The number of fused-ring (bicyclic) bond motifs is 3. The Kier molecular flexibility index (Phi) is 4.68. The normalized spacial score (nSPS) is 11.2. The molecule has 0 aliphatic carbocycles. The molecule has 7 heteroatoms. The largest absolute Gasteiger partial charge is 0.324 e. The van der Waals surface area contributed by atoms with Crippen molar-refractivity contribution >= 4 is 54.8 Å². The predicted molar refractivity (Wildman–Crippen MR) is 111 cm³/mol. The molecule has 0 saturated heterocycles. The van der Waals surface area contributed by atoms with Crippen LogP contribution in [0.5, 0.6) is 0 Å². The van der Waals surface area contributed by atoms with Gasteiger partial charge < -0.3 is 5.32 Å². The monoisotopic (exact) mass is 397 g/mol. The van der Waals surface area contributed by atoms with Gasteiger partial charge in [-0.2, -0.15) is 0 Å². The predicted octanol–water partition coefficient (Wildman–Crippen LogP) is 4.47. The van der Waals surface area contributed by atoms with Crippen LogP contribution in [0.4, 0.5) is 5.69 Å². The summed E-state index contributed by atoms with van der Waals surface area (Å²) >= 11 is 7.61. The molecule has 0 aliphatic rings. The second kappa shape index (κ2) is 7.13. The third-order valence-electron chi connectivity index (χ3n) is 4.41. The first-order valence-corrected chi connectivity index (χ1v) is 9.72. The maximum atomic E-state index is 12.8. The van der Waals surface area contributed by atoms with Gasteiger partial charge in [-0.1, -0.05) is 42.8 Å². The number of thiophene rings is 1. The zero-order valence-electron chi connectivity index (χ0n) is 14.5. The minimum absolute atomic E-state index is 0.0954. The minimum Gasteiger partial charge on any atom is -0.324 e. The van der Waals surface area contributed by atoms with Gasteiger partial charge in [-0.05, 0) is 30.2 Å². The van der Waals surface area contributed by atoms with Gasteiger partial charge in [0.2, 0.25) is 5.91 Å². The molecule has 2 aromatic heterocycles. The molecule has 0 unspecified atom stereocenters. The molecule has 1 amide bonds. The van der Waals surface area contributed by atoms with Gasteiger partial charge in [0.15, 0.2) is 0 Å². The maximum absolute atomic E-state index is 12.8. The van der Waals surface area contributed by atoms with Crippen LogP contribution in [-0.2, 0) is 17.8 Å². The Morgan fingerprint density at radius 1 is 1.22 bits per heavy atom. The molecule has 0 saturated carbocycles. The van der Waals surface area contributed by atoms with E-state index in [-0.39, 0.29) is 18.0 Å². The summed E-state index contributed by atoms with van der Waals surface area (Å²) in [6, 6.07) is 13.2. The van der Waals surface area contributed by atoms with Gasteiger partial charge in [0.1, 0.15) is 11.2 Å². The van der Waals surface area contributed by atoms with Crippen molar-refractivity contribution in [3.05, 3.63) is 69.7 Å². The molecule has 1 N–H and O–H groups in total. The number of carbonyl (C=O) groups excluding carboxylic acids is 1. The summed E-state index contributed by atoms with van der Waals surface area (Å²) in [6.07, 6.45) is 2.22. The van der Waals surface area contributed by atoms with E-state index in [0.29, 0.717) is 15.2 Å². The fourth-order valence-corrected chi connectivity index (χ4v) is 4.53. The van der Waals surface area contributed by atoms with Crippen molar-refractivity contribution in [1.82, 2.24) is 9.55 Å². The summed E-state index contributed by atoms with van der Waals surface area (Å²) in [5.74, 6) is -0.265. The van der Waals surface area contributed by atoms with Crippen LogP contribution >= 0.6 is 22.9 Å². The topological polar surface area (TPSA) is 64.0 Å². The van der Waals surface area contributed by atoms with Crippen molar-refractivity contribution in [2.75, 3.05) is 5.32 Å². The Morgan fingerprint density at radius 3 is 2.85 bits per heavy atom. The average Bonchev–Trinajstić information content (AvgIpc) is 3.05. The van der Waals surface area contributed by atoms with Crippen molar-refractivity contribution in [2.24, 2.45) is 0 Å². The van der Waals surface area contributed by atoms with Gasteiger partial charge in [0.25, 0.3) is 5.56 Å². The van der Waals surface area contributed by atoms with E-state index in [9.17, 15) is 9.59 Å². The van der Waals surface area contributed by atoms with E-state index in [1.807, 2.05) is 43.3 Å². The van der Waals surface area contributed by atoms with Gasteiger partial charge in [0.05, 0.1) is 16.9 Å². The Morgan fingerprint density at radius 2 is 2.04 bits per heavy atom. The van der Waals surface area contributed by atoms with Crippen LogP contribution in [-0.4, -0.2) is 15.5 Å². The molecule has 2 aromatic carbocycles. The number of anilines is 1. The van der Waals surface area contributed by atoms with E-state index in [0.717, 1.165) is 27.8 Å². The number of nitrogens with one attached hydrogen (secondary N) is 1. The van der Waals surface area contributed by atoms with E-state index in [2.05, 4.69) is 10.3 Å². The SMILES string of the molecule is CCc1ccccc1NC(=O)Cn1cnc2c(sc3cccc(Cl)c32)c1=O. The Balaban J connectivity index is 1.67. The summed E-state index contributed by atoms with van der Waals surface area (Å²) in [6.45, 7) is 1.93. The summed E-state index contributed by atoms with van der Waals surface area (Å²) in [5, 5.41) is 4.23. The Hall–Kier alpha value is -2.70. The van der Waals surface area contributed by atoms with Gasteiger partial charge in [-0.25, -0.2) is 4.98 Å². The first-order valence-electron chi connectivity index (χ1n) is 8.52. The fraction of sp³-hybridized carbons (Fsp3) is 0.150. The standard InChI is InChI=1S/C20H16ClN3O2S/c1-2-12-6-3-4-8-14(12)23-16(25)10-24-11-22-18-17-13(21)7-5-9-15(17)27-19(18)20(24)26/h3-9,11H,2,10H2,1H3,(H,23,25). The fourth-order valence-electron chi connectivity index (χ4n) is 3.08. The van der Waals surface area contributed by atoms with E-state index in [1.165, 1.54) is 22.2 Å². The molecule has 0 fully saturated rings. The highest BCUT2D eigenvalue weighted by molar-refractivity contribution is 7.25. The van der Waals surface area contributed by atoms with E-state index in [1.54, 1.807) is 6.07 Å². The number of halogens is 1. The van der Waals surface area contributed by atoms with Gasteiger partial charge in [-0.15, -0.1) is 11.3 Å². The highest BCUT2D eigenvalue weighted by Gasteiger charge is 2.15. The van der Waals surface area contributed by atoms with E-state index in [4.69, 9.17) is 11.6 Å². The number of amides is 1. The van der Waals surface area contributed by atoms with Crippen LogP contribution in [0.1, 0.15) is 12.5 Å². The number of aromatic nitrogens is 2. The Labute approximate surface area is 164 Å². The molecule has 0 spiro atoms. The number of rotatable bonds is 4. The lowest BCUT2D eigenvalue weighted by molar-refractivity contribution is -0.116. The van der Waals surface area contributed by atoms with Crippen LogP contribution < -0.4 is 10.9 Å². The van der Waals surface area contributed by atoms with Gasteiger partial charge in [-0.3, -0.25) is 14.2 Å². The van der Waals surface area contributed by atoms with Crippen molar-refractivity contribution in [3.8, 4) is 0 Å². The van der Waals surface area contributed by atoms with Crippen LogP contribution in [0.15, 0.2) is 53.6 Å². The lowest BCUT2D eigenvalue weighted by Gasteiger charge is -2.10. The van der Waals surface area contributed by atoms with E-state index < -0.39 is 0 Å². The molecule has 0 aliphatic heterocycles.